The molecule has 1 aromatic rings. The van der Waals surface area contributed by atoms with Crippen molar-refractivity contribution in [2.45, 2.75) is 3.23 Å². The summed E-state index contributed by atoms with van der Waals surface area (Å²) >= 11 is 6.14. The van der Waals surface area contributed by atoms with Gasteiger partial charge >= 0.3 is 5.97 Å². The van der Waals surface area contributed by atoms with Crippen molar-refractivity contribution < 1.29 is 19.7 Å². The minimum Gasteiger partial charge on any atom is -0.508 e. The molecule has 0 heterocycles. The molecular formula is C9H8Br2O4. The van der Waals surface area contributed by atoms with Gasteiger partial charge in [-0.15, -0.1) is 0 Å². The molecule has 15 heavy (non-hydrogen) atoms. The third-order valence-corrected chi connectivity index (χ3v) is 3.26. The number of phenolic OH excluding ortho intramolecular Hbond substituents is 2. The summed E-state index contributed by atoms with van der Waals surface area (Å²) in [6, 6.07) is 3.85. The lowest BCUT2D eigenvalue weighted by Gasteiger charge is -2.19. The van der Waals surface area contributed by atoms with E-state index in [4.69, 9.17) is 0 Å². The van der Waals surface area contributed by atoms with Crippen molar-refractivity contribution in [1.29, 1.82) is 0 Å². The molecule has 0 saturated carbocycles. The summed E-state index contributed by atoms with van der Waals surface area (Å²) < 4.78 is 3.18. The smallest absolute Gasteiger partial charge is 0.338 e. The largest absolute Gasteiger partial charge is 0.508 e. The number of alkyl halides is 2. The van der Waals surface area contributed by atoms with Crippen molar-refractivity contribution in [2.75, 3.05) is 7.11 Å². The highest BCUT2D eigenvalue weighted by Crippen LogP contribution is 2.44. The summed E-state index contributed by atoms with van der Waals surface area (Å²) in [7, 11) is 1.22. The standard InChI is InChI=1S/C9H8Br2O4/c1-15-8(14)9(10,11)6-4-5(12)2-3-7(6)13/h2-4,12-13H,1H3. The highest BCUT2D eigenvalue weighted by molar-refractivity contribution is 9.25. The third-order valence-electron chi connectivity index (χ3n) is 1.76. The van der Waals surface area contributed by atoms with Crippen LogP contribution in [0, 0.1) is 0 Å². The first kappa shape index (κ1) is 12.3. The Balaban J connectivity index is 3.25. The number of halogens is 2. The molecule has 0 saturated heterocycles. The predicted molar refractivity (Wildman–Crippen MR) is 61.3 cm³/mol. The second kappa shape index (κ2) is 4.40. The quantitative estimate of drug-likeness (QED) is 0.492. The van der Waals surface area contributed by atoms with E-state index < -0.39 is 9.20 Å². The Kier molecular flexibility index (Phi) is 3.62. The highest BCUT2D eigenvalue weighted by Gasteiger charge is 2.38. The number of ether oxygens (including phenoxy) is 1. The van der Waals surface area contributed by atoms with Gasteiger partial charge in [-0.3, -0.25) is 0 Å². The second-order valence-corrected chi connectivity index (χ2v) is 6.21. The van der Waals surface area contributed by atoms with Crippen molar-refractivity contribution in [3.63, 3.8) is 0 Å². The number of aromatic hydroxyl groups is 2. The fourth-order valence-electron chi connectivity index (χ4n) is 1.01. The Bertz CT molecular complexity index is 390. The molecule has 0 aliphatic rings. The summed E-state index contributed by atoms with van der Waals surface area (Å²) in [6.45, 7) is 0. The number of benzene rings is 1. The molecule has 0 bridgehead atoms. The van der Waals surface area contributed by atoms with Crippen LogP contribution in [-0.2, 0) is 12.8 Å². The van der Waals surface area contributed by atoms with Crippen molar-refractivity contribution in [1.82, 2.24) is 0 Å². The van der Waals surface area contributed by atoms with E-state index >= 15 is 0 Å². The Labute approximate surface area is 103 Å². The molecule has 0 aliphatic heterocycles. The number of esters is 1. The first-order chi connectivity index (χ1) is 6.89. The highest BCUT2D eigenvalue weighted by atomic mass is 79.9. The van der Waals surface area contributed by atoms with Crippen LogP contribution in [0.25, 0.3) is 0 Å². The van der Waals surface area contributed by atoms with Gasteiger partial charge in [0.15, 0.2) is 0 Å². The maximum atomic E-state index is 11.4. The Morgan fingerprint density at radius 3 is 2.53 bits per heavy atom. The Morgan fingerprint density at radius 1 is 1.40 bits per heavy atom. The summed E-state index contributed by atoms with van der Waals surface area (Å²) in [5.41, 5.74) is 0.175. The number of carbonyl (C=O) groups excluding carboxylic acids is 1. The molecule has 0 spiro atoms. The summed E-state index contributed by atoms with van der Waals surface area (Å²) in [5.74, 6) is -0.828. The van der Waals surface area contributed by atoms with E-state index in [2.05, 4.69) is 36.6 Å². The summed E-state index contributed by atoms with van der Waals surface area (Å²) in [5, 5.41) is 18.8. The molecule has 0 radical (unpaired) electrons. The molecule has 0 unspecified atom stereocenters. The van der Waals surface area contributed by atoms with Gasteiger partial charge in [0.1, 0.15) is 11.5 Å². The van der Waals surface area contributed by atoms with Crippen molar-refractivity contribution in [3.8, 4) is 11.5 Å². The van der Waals surface area contributed by atoms with Gasteiger partial charge in [-0.25, -0.2) is 4.79 Å². The second-order valence-electron chi connectivity index (χ2n) is 2.77. The topological polar surface area (TPSA) is 66.8 Å². The van der Waals surface area contributed by atoms with Gasteiger partial charge in [-0.1, -0.05) is 31.9 Å². The fourth-order valence-corrected chi connectivity index (χ4v) is 1.97. The number of methoxy groups -OCH3 is 1. The molecule has 0 aromatic heterocycles. The first-order valence-electron chi connectivity index (χ1n) is 3.88. The molecule has 2 N–H and O–H groups in total. The van der Waals surface area contributed by atoms with Gasteiger partial charge in [-0.2, -0.15) is 0 Å². The van der Waals surface area contributed by atoms with Gasteiger partial charge in [0.05, 0.1) is 7.11 Å². The van der Waals surface area contributed by atoms with Crippen LogP contribution in [-0.4, -0.2) is 23.3 Å². The molecule has 1 rings (SSSR count). The Morgan fingerprint density at radius 2 is 2.00 bits per heavy atom. The lowest BCUT2D eigenvalue weighted by molar-refractivity contribution is -0.140. The molecule has 0 atom stereocenters. The minimum absolute atomic E-state index is 0.0602. The normalized spacial score (nSPS) is 11.1. The summed E-state index contributed by atoms with van der Waals surface area (Å²) in [4.78, 5) is 11.4. The maximum Gasteiger partial charge on any atom is 0.338 e. The predicted octanol–water partition coefficient (Wildman–Crippen LogP) is 2.21. The average Bonchev–Trinajstić information content (AvgIpc) is 2.20. The van der Waals surface area contributed by atoms with Crippen LogP contribution < -0.4 is 0 Å². The molecular weight excluding hydrogens is 332 g/mol. The molecule has 82 valence electrons. The number of carbonyl (C=O) groups is 1. The van der Waals surface area contributed by atoms with Crippen LogP contribution in [0.5, 0.6) is 11.5 Å². The third kappa shape index (κ3) is 2.43. The monoisotopic (exact) mass is 338 g/mol. The minimum atomic E-state index is -1.36. The fraction of sp³-hybridized carbons (Fsp3) is 0.222. The van der Waals surface area contributed by atoms with Crippen LogP contribution >= 0.6 is 31.9 Å². The summed E-state index contributed by atoms with van der Waals surface area (Å²) in [6.07, 6.45) is 0. The SMILES string of the molecule is COC(=O)C(Br)(Br)c1cc(O)ccc1O. The number of phenols is 2. The number of hydrogen-bond acceptors (Lipinski definition) is 4. The van der Waals surface area contributed by atoms with Gasteiger partial charge in [0.25, 0.3) is 0 Å². The molecule has 1 aromatic carbocycles. The van der Waals surface area contributed by atoms with E-state index in [9.17, 15) is 15.0 Å². The lowest BCUT2D eigenvalue weighted by atomic mass is 10.1. The van der Waals surface area contributed by atoms with E-state index in [0.29, 0.717) is 0 Å². The van der Waals surface area contributed by atoms with Crippen molar-refractivity contribution in [3.05, 3.63) is 23.8 Å². The Hall–Kier alpha value is -0.750. The van der Waals surface area contributed by atoms with Gasteiger partial charge in [0, 0.05) is 5.56 Å². The van der Waals surface area contributed by atoms with Gasteiger partial charge < -0.3 is 14.9 Å². The van der Waals surface area contributed by atoms with Crippen molar-refractivity contribution >= 4 is 37.8 Å². The average molecular weight is 340 g/mol. The molecule has 0 fully saturated rings. The zero-order valence-corrected chi connectivity index (χ0v) is 10.9. The van der Waals surface area contributed by atoms with E-state index in [0.717, 1.165) is 0 Å². The van der Waals surface area contributed by atoms with E-state index in [1.807, 2.05) is 0 Å². The zero-order valence-electron chi connectivity index (χ0n) is 7.70. The lowest BCUT2D eigenvalue weighted by Crippen LogP contribution is -2.23. The van der Waals surface area contributed by atoms with E-state index in [1.54, 1.807) is 0 Å². The van der Waals surface area contributed by atoms with Crippen LogP contribution in [0.3, 0.4) is 0 Å². The van der Waals surface area contributed by atoms with Gasteiger partial charge in [-0.05, 0) is 18.2 Å². The van der Waals surface area contributed by atoms with E-state index in [-0.39, 0.29) is 17.1 Å². The molecule has 4 nitrogen and oxygen atoms in total. The van der Waals surface area contributed by atoms with Gasteiger partial charge in [0.2, 0.25) is 3.23 Å². The molecule has 0 amide bonds. The van der Waals surface area contributed by atoms with Crippen LogP contribution in [0.2, 0.25) is 0 Å². The zero-order chi connectivity index (χ0) is 11.6. The van der Waals surface area contributed by atoms with Crippen LogP contribution in [0.1, 0.15) is 5.56 Å². The van der Waals surface area contributed by atoms with Crippen LogP contribution in [0.4, 0.5) is 0 Å². The van der Waals surface area contributed by atoms with Crippen molar-refractivity contribution in [2.24, 2.45) is 0 Å². The maximum absolute atomic E-state index is 11.4. The number of hydrogen-bond donors (Lipinski definition) is 2. The number of rotatable bonds is 2. The van der Waals surface area contributed by atoms with Crippen LogP contribution in [0.15, 0.2) is 18.2 Å². The van der Waals surface area contributed by atoms with E-state index in [1.165, 1.54) is 25.3 Å². The first-order valence-corrected chi connectivity index (χ1v) is 5.47. The molecule has 0 aliphatic carbocycles. The molecule has 6 heteroatoms.